The van der Waals surface area contributed by atoms with Gasteiger partial charge in [-0.15, -0.1) is 0 Å². The van der Waals surface area contributed by atoms with E-state index in [-0.39, 0.29) is 5.97 Å². The fraction of sp³-hybridized carbons (Fsp3) is 0.929. The number of carbonyl (C=O) groups is 1. The van der Waals surface area contributed by atoms with Crippen molar-refractivity contribution in [1.82, 2.24) is 4.90 Å². The maximum atomic E-state index is 11.1. The van der Waals surface area contributed by atoms with Gasteiger partial charge in [-0.2, -0.15) is 0 Å². The van der Waals surface area contributed by atoms with Crippen molar-refractivity contribution in [3.8, 4) is 0 Å². The number of ether oxygens (including phenoxy) is 1. The second-order valence-corrected chi connectivity index (χ2v) is 4.73. The number of carbonyl (C=O) groups excluding carboxylic acids is 1. The Hall–Kier alpha value is -0.570. The van der Waals surface area contributed by atoms with Crippen molar-refractivity contribution in [1.29, 1.82) is 0 Å². The van der Waals surface area contributed by atoms with Crippen LogP contribution in [0, 0.1) is 0 Å². The molecule has 1 unspecified atom stereocenters. The molecule has 0 saturated heterocycles. The minimum atomic E-state index is -0.0554. The average Bonchev–Trinajstić information content (AvgIpc) is 2.29. The van der Waals surface area contributed by atoms with Crippen molar-refractivity contribution >= 4 is 5.97 Å². The molecule has 0 aromatic carbocycles. The zero-order valence-electron chi connectivity index (χ0n) is 12.0. The average molecular weight is 243 g/mol. The lowest BCUT2D eigenvalue weighted by atomic mass is 10.1. The number of nitrogens with zero attached hydrogens (tertiary/aromatic N) is 1. The molecule has 0 aromatic rings. The van der Waals surface area contributed by atoms with Crippen molar-refractivity contribution in [2.24, 2.45) is 0 Å². The minimum Gasteiger partial charge on any atom is -0.466 e. The van der Waals surface area contributed by atoms with E-state index in [9.17, 15) is 4.79 Å². The van der Waals surface area contributed by atoms with Gasteiger partial charge in [0.2, 0.25) is 0 Å². The van der Waals surface area contributed by atoms with E-state index in [0.717, 1.165) is 19.4 Å². The van der Waals surface area contributed by atoms with E-state index in [2.05, 4.69) is 25.8 Å². The van der Waals surface area contributed by atoms with Crippen LogP contribution in [0.15, 0.2) is 0 Å². The molecular formula is C14H29NO2. The Labute approximate surface area is 107 Å². The molecule has 1 atom stereocenters. The molecule has 0 aliphatic rings. The first-order valence-electron chi connectivity index (χ1n) is 6.97. The highest BCUT2D eigenvalue weighted by atomic mass is 16.5. The molecule has 0 spiro atoms. The van der Waals surface area contributed by atoms with Crippen LogP contribution in [0.1, 0.15) is 59.3 Å². The van der Waals surface area contributed by atoms with Crippen LogP contribution >= 0.6 is 0 Å². The summed E-state index contributed by atoms with van der Waals surface area (Å²) in [5, 5.41) is 0. The summed E-state index contributed by atoms with van der Waals surface area (Å²) in [5.41, 5.74) is 0. The number of esters is 1. The van der Waals surface area contributed by atoms with Crippen LogP contribution in [-0.4, -0.2) is 37.1 Å². The van der Waals surface area contributed by atoms with Gasteiger partial charge in [-0.3, -0.25) is 4.79 Å². The molecule has 0 bridgehead atoms. The molecule has 102 valence electrons. The molecule has 3 heteroatoms. The standard InChI is InChI=1S/C14H29NO2/c1-5-10-13(3)15(4)12-9-7-8-11-14(16)17-6-2/h13H,5-12H2,1-4H3. The van der Waals surface area contributed by atoms with Crippen LogP contribution in [-0.2, 0) is 9.53 Å². The van der Waals surface area contributed by atoms with Gasteiger partial charge < -0.3 is 9.64 Å². The third kappa shape index (κ3) is 9.16. The van der Waals surface area contributed by atoms with Crippen molar-refractivity contribution in [2.75, 3.05) is 20.2 Å². The first-order valence-corrected chi connectivity index (χ1v) is 6.97. The summed E-state index contributed by atoms with van der Waals surface area (Å²) in [6, 6.07) is 0.671. The highest BCUT2D eigenvalue weighted by Crippen LogP contribution is 2.07. The Bertz CT molecular complexity index is 195. The van der Waals surface area contributed by atoms with Crippen LogP contribution < -0.4 is 0 Å². The smallest absolute Gasteiger partial charge is 0.305 e. The molecule has 0 saturated carbocycles. The highest BCUT2D eigenvalue weighted by molar-refractivity contribution is 5.69. The van der Waals surface area contributed by atoms with E-state index < -0.39 is 0 Å². The van der Waals surface area contributed by atoms with Gasteiger partial charge in [0.15, 0.2) is 0 Å². The molecule has 3 nitrogen and oxygen atoms in total. The van der Waals surface area contributed by atoms with Crippen molar-refractivity contribution in [3.05, 3.63) is 0 Å². The number of unbranched alkanes of at least 4 members (excludes halogenated alkanes) is 2. The summed E-state index contributed by atoms with van der Waals surface area (Å²) in [6.07, 6.45) is 6.32. The molecule has 0 heterocycles. The fourth-order valence-electron chi connectivity index (χ4n) is 1.90. The van der Waals surface area contributed by atoms with Gasteiger partial charge in [0.05, 0.1) is 6.61 Å². The number of hydrogen-bond acceptors (Lipinski definition) is 3. The maximum absolute atomic E-state index is 11.1. The highest BCUT2D eigenvalue weighted by Gasteiger charge is 2.07. The topological polar surface area (TPSA) is 29.5 Å². The van der Waals surface area contributed by atoms with Crippen molar-refractivity contribution < 1.29 is 9.53 Å². The lowest BCUT2D eigenvalue weighted by Gasteiger charge is -2.24. The van der Waals surface area contributed by atoms with Crippen LogP contribution in [0.4, 0.5) is 0 Å². The number of rotatable bonds is 10. The summed E-state index contributed by atoms with van der Waals surface area (Å²) in [6.45, 7) is 7.98. The van der Waals surface area contributed by atoms with E-state index in [1.807, 2.05) is 6.92 Å². The molecule has 0 aliphatic carbocycles. The Morgan fingerprint density at radius 2 is 1.94 bits per heavy atom. The third-order valence-corrected chi connectivity index (χ3v) is 3.16. The molecule has 0 aliphatic heterocycles. The van der Waals surface area contributed by atoms with Gasteiger partial charge in [-0.25, -0.2) is 0 Å². The Morgan fingerprint density at radius 1 is 1.24 bits per heavy atom. The summed E-state index contributed by atoms with van der Waals surface area (Å²) < 4.78 is 4.89. The van der Waals surface area contributed by atoms with Gasteiger partial charge in [0.1, 0.15) is 0 Å². The molecule has 0 amide bonds. The van der Waals surface area contributed by atoms with E-state index in [1.54, 1.807) is 0 Å². The summed E-state index contributed by atoms with van der Waals surface area (Å²) in [7, 11) is 2.19. The van der Waals surface area contributed by atoms with Crippen LogP contribution in [0.2, 0.25) is 0 Å². The molecule has 0 rings (SSSR count). The van der Waals surface area contributed by atoms with Gasteiger partial charge >= 0.3 is 5.97 Å². The van der Waals surface area contributed by atoms with Gasteiger partial charge in [0, 0.05) is 12.5 Å². The molecular weight excluding hydrogens is 214 g/mol. The third-order valence-electron chi connectivity index (χ3n) is 3.16. The molecule has 17 heavy (non-hydrogen) atoms. The summed E-state index contributed by atoms with van der Waals surface area (Å²) >= 11 is 0. The molecule has 0 N–H and O–H groups in total. The van der Waals surface area contributed by atoms with Gasteiger partial charge in [0.25, 0.3) is 0 Å². The minimum absolute atomic E-state index is 0.0554. The van der Waals surface area contributed by atoms with E-state index in [1.165, 1.54) is 19.3 Å². The van der Waals surface area contributed by atoms with E-state index in [4.69, 9.17) is 4.74 Å². The zero-order valence-corrected chi connectivity index (χ0v) is 12.0. The largest absolute Gasteiger partial charge is 0.466 e. The SMILES string of the molecule is CCCC(C)N(C)CCCCCC(=O)OCC. The molecule has 0 aromatic heterocycles. The second-order valence-electron chi connectivity index (χ2n) is 4.73. The first kappa shape index (κ1) is 16.4. The lowest BCUT2D eigenvalue weighted by Crippen LogP contribution is -2.29. The normalized spacial score (nSPS) is 12.8. The predicted molar refractivity (Wildman–Crippen MR) is 72.1 cm³/mol. The van der Waals surface area contributed by atoms with Crippen LogP contribution in [0.3, 0.4) is 0 Å². The molecule has 0 radical (unpaired) electrons. The Morgan fingerprint density at radius 3 is 2.53 bits per heavy atom. The monoisotopic (exact) mass is 243 g/mol. The van der Waals surface area contributed by atoms with Gasteiger partial charge in [-0.05, 0) is 46.7 Å². The number of hydrogen-bond donors (Lipinski definition) is 0. The molecule has 0 fully saturated rings. The summed E-state index contributed by atoms with van der Waals surface area (Å²) in [4.78, 5) is 13.5. The van der Waals surface area contributed by atoms with Crippen molar-refractivity contribution in [3.63, 3.8) is 0 Å². The maximum Gasteiger partial charge on any atom is 0.305 e. The van der Waals surface area contributed by atoms with E-state index in [0.29, 0.717) is 19.1 Å². The fourth-order valence-corrected chi connectivity index (χ4v) is 1.90. The van der Waals surface area contributed by atoms with Gasteiger partial charge in [-0.1, -0.05) is 19.8 Å². The quantitative estimate of drug-likeness (QED) is 0.436. The zero-order chi connectivity index (χ0) is 13.1. The van der Waals surface area contributed by atoms with Crippen LogP contribution in [0.25, 0.3) is 0 Å². The lowest BCUT2D eigenvalue weighted by molar-refractivity contribution is -0.143. The van der Waals surface area contributed by atoms with Crippen molar-refractivity contribution in [2.45, 2.75) is 65.3 Å². The van der Waals surface area contributed by atoms with E-state index >= 15 is 0 Å². The first-order chi connectivity index (χ1) is 8.11. The predicted octanol–water partition coefficient (Wildman–Crippen LogP) is 3.23. The second kappa shape index (κ2) is 10.6. The van der Waals surface area contributed by atoms with Crippen LogP contribution in [0.5, 0.6) is 0 Å². The Kier molecular flexibility index (Phi) is 10.2. The summed E-state index contributed by atoms with van der Waals surface area (Å²) in [5.74, 6) is -0.0554. The Balaban J connectivity index is 3.41.